The van der Waals surface area contributed by atoms with Crippen LogP contribution >= 0.6 is 0 Å². The number of benzene rings is 1. The third-order valence-electron chi connectivity index (χ3n) is 4.21. The number of carbonyl (C=O) groups excluding carboxylic acids is 1. The monoisotopic (exact) mass is 362 g/mol. The Labute approximate surface area is 157 Å². The average Bonchev–Trinajstić information content (AvgIpc) is 2.54. The quantitative estimate of drug-likeness (QED) is 0.591. The molecule has 5 heteroatoms. The van der Waals surface area contributed by atoms with Crippen molar-refractivity contribution in [2.75, 3.05) is 13.1 Å². The summed E-state index contributed by atoms with van der Waals surface area (Å²) in [6.45, 7) is 11.4. The number of carbonyl (C=O) groups is 2. The van der Waals surface area contributed by atoms with E-state index in [2.05, 4.69) is 24.1 Å². The Bertz CT molecular complexity index is 549. The molecule has 146 valence electrons. The van der Waals surface area contributed by atoms with Crippen LogP contribution in [0.5, 0.6) is 0 Å². The Kier molecular flexibility index (Phi) is 9.96. The van der Waals surface area contributed by atoms with E-state index in [1.54, 1.807) is 0 Å². The van der Waals surface area contributed by atoms with E-state index in [4.69, 9.17) is 5.11 Å². The van der Waals surface area contributed by atoms with Gasteiger partial charge in [-0.2, -0.15) is 0 Å². The van der Waals surface area contributed by atoms with Crippen molar-refractivity contribution in [3.05, 3.63) is 35.4 Å². The van der Waals surface area contributed by atoms with Crippen LogP contribution in [0.2, 0.25) is 0 Å². The van der Waals surface area contributed by atoms with E-state index >= 15 is 0 Å². The summed E-state index contributed by atoms with van der Waals surface area (Å²) >= 11 is 0. The van der Waals surface area contributed by atoms with Crippen LogP contribution in [0.3, 0.4) is 0 Å². The van der Waals surface area contributed by atoms with Gasteiger partial charge in [-0.1, -0.05) is 39.8 Å². The normalized spacial score (nSPS) is 12.4. The van der Waals surface area contributed by atoms with Crippen LogP contribution < -0.4 is 5.32 Å². The number of aliphatic carboxylic acids is 1. The van der Waals surface area contributed by atoms with E-state index in [-0.39, 0.29) is 18.4 Å². The average molecular weight is 363 g/mol. The van der Waals surface area contributed by atoms with Crippen LogP contribution in [0.1, 0.15) is 69.3 Å². The smallest absolute Gasteiger partial charge is 0.305 e. The second-order valence-electron chi connectivity index (χ2n) is 7.37. The van der Waals surface area contributed by atoms with Crippen LogP contribution in [0, 0.1) is 5.92 Å². The van der Waals surface area contributed by atoms with Crippen molar-refractivity contribution in [2.24, 2.45) is 5.92 Å². The largest absolute Gasteiger partial charge is 0.481 e. The summed E-state index contributed by atoms with van der Waals surface area (Å²) in [7, 11) is 0. The fraction of sp³-hybridized carbons (Fsp3) is 0.619. The van der Waals surface area contributed by atoms with Gasteiger partial charge in [0.05, 0.1) is 6.42 Å². The molecule has 0 aliphatic carbocycles. The molecule has 26 heavy (non-hydrogen) atoms. The fourth-order valence-corrected chi connectivity index (χ4v) is 3.16. The van der Waals surface area contributed by atoms with Gasteiger partial charge in [0.15, 0.2) is 0 Å². The maximum absolute atomic E-state index is 12.4. The van der Waals surface area contributed by atoms with Gasteiger partial charge in [-0.25, -0.2) is 0 Å². The van der Waals surface area contributed by atoms with Crippen molar-refractivity contribution in [2.45, 2.75) is 66.0 Å². The predicted octanol–water partition coefficient (Wildman–Crippen LogP) is 3.93. The molecule has 0 saturated carbocycles. The highest BCUT2D eigenvalue weighted by molar-refractivity contribution is 5.94. The Morgan fingerprint density at radius 1 is 1.08 bits per heavy atom. The number of nitrogens with one attached hydrogen (secondary N) is 1. The lowest BCUT2D eigenvalue weighted by molar-refractivity contribution is -0.137. The number of hydrogen-bond acceptors (Lipinski definition) is 3. The van der Waals surface area contributed by atoms with Crippen LogP contribution in [0.25, 0.3) is 0 Å². The first-order valence-electron chi connectivity index (χ1n) is 9.69. The van der Waals surface area contributed by atoms with E-state index in [9.17, 15) is 9.59 Å². The molecule has 2 N–H and O–H groups in total. The molecule has 0 aliphatic heterocycles. The zero-order valence-corrected chi connectivity index (χ0v) is 16.6. The van der Waals surface area contributed by atoms with Crippen LogP contribution in [-0.2, 0) is 11.3 Å². The lowest BCUT2D eigenvalue weighted by atomic mass is 10.0. The van der Waals surface area contributed by atoms with Gasteiger partial charge in [0, 0.05) is 18.2 Å². The van der Waals surface area contributed by atoms with E-state index in [1.165, 1.54) is 5.56 Å². The first-order chi connectivity index (χ1) is 12.3. The minimum Gasteiger partial charge on any atom is -0.481 e. The minimum atomic E-state index is -0.891. The Hall–Kier alpha value is -1.88. The highest BCUT2D eigenvalue weighted by atomic mass is 16.4. The van der Waals surface area contributed by atoms with Gasteiger partial charge < -0.3 is 10.4 Å². The molecule has 0 heterocycles. The van der Waals surface area contributed by atoms with Crippen LogP contribution in [0.4, 0.5) is 0 Å². The highest BCUT2D eigenvalue weighted by Crippen LogP contribution is 2.12. The van der Waals surface area contributed by atoms with Gasteiger partial charge in [0.2, 0.25) is 0 Å². The molecule has 0 bridgehead atoms. The van der Waals surface area contributed by atoms with E-state index in [0.717, 1.165) is 32.5 Å². The lowest BCUT2D eigenvalue weighted by Crippen LogP contribution is -2.37. The van der Waals surface area contributed by atoms with Gasteiger partial charge in [0.25, 0.3) is 5.91 Å². The molecular formula is C21H34N2O3. The van der Waals surface area contributed by atoms with Gasteiger partial charge in [0.1, 0.15) is 0 Å². The van der Waals surface area contributed by atoms with Crippen molar-refractivity contribution in [1.82, 2.24) is 10.2 Å². The summed E-state index contributed by atoms with van der Waals surface area (Å²) in [5.74, 6) is -0.772. The number of hydrogen-bond donors (Lipinski definition) is 2. The molecule has 0 aliphatic rings. The summed E-state index contributed by atoms with van der Waals surface area (Å²) in [6, 6.07) is 7.29. The fourth-order valence-electron chi connectivity index (χ4n) is 3.16. The van der Waals surface area contributed by atoms with Crippen molar-refractivity contribution >= 4 is 11.9 Å². The summed E-state index contributed by atoms with van der Waals surface area (Å²) < 4.78 is 0. The van der Waals surface area contributed by atoms with Crippen molar-refractivity contribution in [3.8, 4) is 0 Å². The molecule has 0 radical (unpaired) electrons. The molecule has 1 unspecified atom stereocenters. The van der Waals surface area contributed by atoms with E-state index in [0.29, 0.717) is 17.9 Å². The minimum absolute atomic E-state index is 0.0506. The SMILES string of the molecule is CCCN(CCC)Cc1ccc(C(=O)NC(CC(=O)O)CC(C)C)cc1. The summed E-state index contributed by atoms with van der Waals surface area (Å²) in [5.41, 5.74) is 1.76. The maximum atomic E-state index is 12.4. The van der Waals surface area contributed by atoms with Crippen molar-refractivity contribution in [1.29, 1.82) is 0 Å². The Morgan fingerprint density at radius 2 is 1.65 bits per heavy atom. The zero-order chi connectivity index (χ0) is 19.5. The Balaban J connectivity index is 2.70. The number of carboxylic acids is 1. The molecule has 5 nitrogen and oxygen atoms in total. The molecule has 0 saturated heterocycles. The number of rotatable bonds is 12. The Morgan fingerprint density at radius 3 is 2.12 bits per heavy atom. The summed E-state index contributed by atoms with van der Waals surface area (Å²) in [6.07, 6.45) is 2.85. The summed E-state index contributed by atoms with van der Waals surface area (Å²) in [4.78, 5) is 25.9. The lowest BCUT2D eigenvalue weighted by Gasteiger charge is -2.21. The molecule has 1 atom stereocenters. The predicted molar refractivity (Wildman–Crippen MR) is 105 cm³/mol. The van der Waals surface area contributed by atoms with E-state index in [1.807, 2.05) is 38.1 Å². The molecule has 1 amide bonds. The van der Waals surface area contributed by atoms with Crippen molar-refractivity contribution in [3.63, 3.8) is 0 Å². The first-order valence-corrected chi connectivity index (χ1v) is 9.69. The molecule has 0 aromatic heterocycles. The van der Waals surface area contributed by atoms with Gasteiger partial charge in [-0.15, -0.1) is 0 Å². The first kappa shape index (κ1) is 22.2. The number of amides is 1. The standard InChI is InChI=1S/C21H34N2O3/c1-5-11-23(12-6-2)15-17-7-9-18(10-8-17)21(26)22-19(13-16(3)4)14-20(24)25/h7-10,16,19H,5-6,11-15H2,1-4H3,(H,22,26)(H,24,25). The molecule has 1 aromatic carbocycles. The second kappa shape index (κ2) is 11.7. The van der Waals surface area contributed by atoms with Crippen LogP contribution in [0.15, 0.2) is 24.3 Å². The second-order valence-corrected chi connectivity index (χ2v) is 7.37. The number of carboxylic acid groups (broad SMARTS) is 1. The third-order valence-corrected chi connectivity index (χ3v) is 4.21. The van der Waals surface area contributed by atoms with Crippen LogP contribution in [-0.4, -0.2) is 41.0 Å². The molecule has 1 rings (SSSR count). The molecular weight excluding hydrogens is 328 g/mol. The highest BCUT2D eigenvalue weighted by Gasteiger charge is 2.18. The summed E-state index contributed by atoms with van der Waals surface area (Å²) in [5, 5.41) is 11.9. The van der Waals surface area contributed by atoms with Gasteiger partial charge >= 0.3 is 5.97 Å². The topological polar surface area (TPSA) is 69.6 Å². The zero-order valence-electron chi connectivity index (χ0n) is 16.6. The molecule has 0 spiro atoms. The maximum Gasteiger partial charge on any atom is 0.305 e. The molecule has 1 aromatic rings. The third kappa shape index (κ3) is 8.48. The van der Waals surface area contributed by atoms with Gasteiger partial charge in [-0.3, -0.25) is 14.5 Å². The van der Waals surface area contributed by atoms with E-state index < -0.39 is 5.97 Å². The van der Waals surface area contributed by atoms with Crippen molar-refractivity contribution < 1.29 is 14.7 Å². The van der Waals surface area contributed by atoms with Gasteiger partial charge in [-0.05, 0) is 56.0 Å². The number of nitrogens with zero attached hydrogens (tertiary/aromatic N) is 1. The molecule has 0 fully saturated rings.